The lowest BCUT2D eigenvalue weighted by Gasteiger charge is -2.66. The number of carbonyl (C=O) groups excluding carboxylic acids is 1. The molecule has 2 N–H and O–H groups in total. The van der Waals surface area contributed by atoms with Crippen LogP contribution in [0.25, 0.3) is 0 Å². The molecule has 7 rings (SSSR count). The first-order chi connectivity index (χ1) is 16.1. The summed E-state index contributed by atoms with van der Waals surface area (Å²) >= 11 is 0. The van der Waals surface area contributed by atoms with E-state index in [-0.39, 0.29) is 22.8 Å². The van der Waals surface area contributed by atoms with Crippen LogP contribution < -0.4 is 5.32 Å². The summed E-state index contributed by atoms with van der Waals surface area (Å²) in [6, 6.07) is 16.7. The molecule has 1 aliphatic heterocycles. The van der Waals surface area contributed by atoms with E-state index in [4.69, 9.17) is 0 Å². The number of piperidine rings is 1. The van der Waals surface area contributed by atoms with E-state index in [0.717, 1.165) is 37.3 Å². The molecule has 1 heterocycles. The normalized spacial score (nSPS) is 36.7. The van der Waals surface area contributed by atoms with E-state index in [1.165, 1.54) is 49.8 Å². The third kappa shape index (κ3) is 2.89. The Labute approximate surface area is 196 Å². The summed E-state index contributed by atoms with van der Waals surface area (Å²) in [6.07, 6.45) is 9.79. The number of hydrogen-bond donors (Lipinski definition) is 2. The molecule has 33 heavy (non-hydrogen) atoms. The van der Waals surface area contributed by atoms with Crippen molar-refractivity contribution in [2.75, 3.05) is 13.1 Å². The Hall–Kier alpha value is -2.33. The van der Waals surface area contributed by atoms with Gasteiger partial charge in [0.1, 0.15) is 5.75 Å². The molecule has 5 aliphatic rings. The molecule has 4 aliphatic carbocycles. The Morgan fingerprint density at radius 1 is 1.06 bits per heavy atom. The predicted molar refractivity (Wildman–Crippen MR) is 128 cm³/mol. The number of phenolic OH excluding ortho intramolecular Hbond substituents is 1. The van der Waals surface area contributed by atoms with Gasteiger partial charge in [-0.2, -0.15) is 0 Å². The molecule has 2 aromatic rings. The van der Waals surface area contributed by atoms with E-state index in [1.54, 1.807) is 0 Å². The second-order valence-corrected chi connectivity index (χ2v) is 11.7. The summed E-state index contributed by atoms with van der Waals surface area (Å²) in [5.74, 6) is 1.92. The molecular weight excluding hydrogens is 408 g/mol. The van der Waals surface area contributed by atoms with Crippen LogP contribution in [0.5, 0.6) is 5.75 Å². The molecule has 4 unspecified atom stereocenters. The fourth-order valence-electron chi connectivity index (χ4n) is 8.57. The molecule has 172 valence electrons. The van der Waals surface area contributed by atoms with Gasteiger partial charge in [-0.3, -0.25) is 9.69 Å². The first-order valence-electron chi connectivity index (χ1n) is 13.0. The van der Waals surface area contributed by atoms with Crippen LogP contribution in [0.4, 0.5) is 0 Å². The highest BCUT2D eigenvalue weighted by Gasteiger charge is 2.68. The van der Waals surface area contributed by atoms with Crippen molar-refractivity contribution in [3.63, 3.8) is 0 Å². The van der Waals surface area contributed by atoms with E-state index in [9.17, 15) is 9.90 Å². The van der Waals surface area contributed by atoms with E-state index in [1.807, 2.05) is 36.4 Å². The van der Waals surface area contributed by atoms with Crippen molar-refractivity contribution in [1.82, 2.24) is 10.2 Å². The topological polar surface area (TPSA) is 52.6 Å². The maximum absolute atomic E-state index is 13.2. The fraction of sp³-hybridized carbons (Fsp3) is 0.552. The van der Waals surface area contributed by atoms with Crippen molar-refractivity contribution in [2.45, 2.75) is 68.9 Å². The number of rotatable bonds is 4. The minimum Gasteiger partial charge on any atom is -0.508 e. The molecule has 4 fully saturated rings. The Morgan fingerprint density at radius 3 is 2.73 bits per heavy atom. The number of fused-ring (bicyclic) bond motifs is 2. The van der Waals surface area contributed by atoms with E-state index in [2.05, 4.69) is 22.3 Å². The highest BCUT2D eigenvalue weighted by Crippen LogP contribution is 2.69. The van der Waals surface area contributed by atoms with Crippen LogP contribution in [-0.4, -0.2) is 41.1 Å². The van der Waals surface area contributed by atoms with Gasteiger partial charge in [0.25, 0.3) is 5.91 Å². The monoisotopic (exact) mass is 442 g/mol. The maximum atomic E-state index is 13.2. The van der Waals surface area contributed by atoms with Gasteiger partial charge in [-0.25, -0.2) is 0 Å². The summed E-state index contributed by atoms with van der Waals surface area (Å²) in [5.41, 5.74) is 3.91. The highest BCUT2D eigenvalue weighted by atomic mass is 16.3. The maximum Gasteiger partial charge on any atom is 0.251 e. The zero-order chi connectivity index (χ0) is 22.2. The second kappa shape index (κ2) is 7.09. The SMILES string of the molecule is O=C(N[C@H]1CC23CCN(CC4CC4)C4CCC1CC42Cc1ccc(O)cc13)c1ccccc1. The third-order valence-corrected chi connectivity index (χ3v) is 10.1. The molecule has 1 saturated heterocycles. The Morgan fingerprint density at radius 2 is 1.91 bits per heavy atom. The average Bonchev–Trinajstić information content (AvgIpc) is 3.61. The van der Waals surface area contributed by atoms with Crippen LogP contribution >= 0.6 is 0 Å². The molecule has 1 amide bonds. The van der Waals surface area contributed by atoms with Crippen LogP contribution in [0.3, 0.4) is 0 Å². The molecule has 3 saturated carbocycles. The fourth-order valence-corrected chi connectivity index (χ4v) is 8.57. The summed E-state index contributed by atoms with van der Waals surface area (Å²) in [4.78, 5) is 16.0. The van der Waals surface area contributed by atoms with Gasteiger partial charge in [0.15, 0.2) is 0 Å². The van der Waals surface area contributed by atoms with Crippen molar-refractivity contribution in [3.8, 4) is 5.75 Å². The molecule has 0 radical (unpaired) electrons. The Bertz CT molecular complexity index is 1100. The third-order valence-electron chi connectivity index (χ3n) is 10.1. The number of carbonyl (C=O) groups is 1. The van der Waals surface area contributed by atoms with Crippen molar-refractivity contribution in [2.24, 2.45) is 17.3 Å². The second-order valence-electron chi connectivity index (χ2n) is 11.7. The first-order valence-corrected chi connectivity index (χ1v) is 13.0. The molecule has 4 nitrogen and oxygen atoms in total. The van der Waals surface area contributed by atoms with Crippen molar-refractivity contribution in [1.29, 1.82) is 0 Å². The van der Waals surface area contributed by atoms with Gasteiger partial charge in [-0.1, -0.05) is 24.3 Å². The number of nitrogens with zero attached hydrogens (tertiary/aromatic N) is 1. The summed E-state index contributed by atoms with van der Waals surface area (Å²) in [7, 11) is 0. The minimum atomic E-state index is 0.0620. The standard InChI is InChI=1S/C29H34N2O2/c32-23-10-8-21-15-29-16-22-9-11-26(29)31(18-19-6-7-19)13-12-28(29,24(21)14-23)17-25(22)30-27(33)20-4-2-1-3-5-20/h1-5,8,10,14,19,22,25-26,32H,6-7,9,11-13,15-18H2,(H,30,33)/t22?,25-,26?,28?,29?/m0/s1. The number of phenols is 1. The number of benzene rings is 2. The minimum absolute atomic E-state index is 0.0620. The van der Waals surface area contributed by atoms with Gasteiger partial charge < -0.3 is 10.4 Å². The van der Waals surface area contributed by atoms with Crippen LogP contribution in [0.2, 0.25) is 0 Å². The molecule has 5 atom stereocenters. The van der Waals surface area contributed by atoms with Crippen LogP contribution in [0.15, 0.2) is 48.5 Å². The number of amides is 1. The predicted octanol–water partition coefficient (Wildman–Crippen LogP) is 4.66. The van der Waals surface area contributed by atoms with Gasteiger partial charge in [0, 0.05) is 35.0 Å². The Balaban J connectivity index is 1.28. The van der Waals surface area contributed by atoms with Crippen molar-refractivity contribution < 1.29 is 9.90 Å². The zero-order valence-corrected chi connectivity index (χ0v) is 19.3. The zero-order valence-electron chi connectivity index (χ0n) is 19.3. The van der Waals surface area contributed by atoms with Gasteiger partial charge in [0.2, 0.25) is 0 Å². The number of hydrogen-bond acceptors (Lipinski definition) is 3. The molecule has 2 aromatic carbocycles. The Kier molecular flexibility index (Phi) is 4.31. The van der Waals surface area contributed by atoms with Crippen LogP contribution in [0, 0.1) is 17.3 Å². The molecule has 2 bridgehead atoms. The quantitative estimate of drug-likeness (QED) is 0.724. The summed E-state index contributed by atoms with van der Waals surface area (Å²) in [5, 5.41) is 13.9. The van der Waals surface area contributed by atoms with Crippen LogP contribution in [0.1, 0.15) is 66.4 Å². The van der Waals surface area contributed by atoms with Crippen molar-refractivity contribution in [3.05, 3.63) is 65.2 Å². The van der Waals surface area contributed by atoms with Crippen molar-refractivity contribution >= 4 is 5.91 Å². The van der Waals surface area contributed by atoms with Crippen LogP contribution in [-0.2, 0) is 11.8 Å². The first kappa shape index (κ1) is 20.1. The van der Waals surface area contributed by atoms with Gasteiger partial charge >= 0.3 is 0 Å². The number of likely N-dealkylation sites (tertiary alicyclic amines) is 1. The smallest absolute Gasteiger partial charge is 0.251 e. The van der Waals surface area contributed by atoms with Gasteiger partial charge in [-0.05, 0) is 105 Å². The highest BCUT2D eigenvalue weighted by molar-refractivity contribution is 5.94. The number of aromatic hydroxyl groups is 1. The van der Waals surface area contributed by atoms with E-state index < -0.39 is 0 Å². The van der Waals surface area contributed by atoms with E-state index >= 15 is 0 Å². The van der Waals surface area contributed by atoms with Gasteiger partial charge in [-0.15, -0.1) is 0 Å². The van der Waals surface area contributed by atoms with Gasteiger partial charge in [0.05, 0.1) is 0 Å². The molecule has 1 spiro atoms. The summed E-state index contributed by atoms with van der Waals surface area (Å²) < 4.78 is 0. The lowest BCUT2D eigenvalue weighted by atomic mass is 9.44. The molecule has 4 heteroatoms. The number of nitrogens with one attached hydrogen (secondary N) is 1. The largest absolute Gasteiger partial charge is 0.508 e. The summed E-state index contributed by atoms with van der Waals surface area (Å²) in [6.45, 7) is 2.44. The lowest BCUT2D eigenvalue weighted by molar-refractivity contribution is -0.126. The van der Waals surface area contributed by atoms with E-state index in [0.29, 0.717) is 17.7 Å². The molecular formula is C29H34N2O2. The molecule has 0 aromatic heterocycles. The lowest BCUT2D eigenvalue weighted by Crippen LogP contribution is -2.70. The average molecular weight is 443 g/mol.